The maximum atomic E-state index is 13.7. The molecule has 1 aromatic rings. The number of nitrogens with two attached hydrogens (primary N) is 1. The van der Waals surface area contributed by atoms with Crippen LogP contribution in [-0.4, -0.2) is 30.4 Å². The summed E-state index contributed by atoms with van der Waals surface area (Å²) in [6.07, 6.45) is 1.55. The minimum Gasteiger partial charge on any atom is -0.342 e. The molecule has 1 saturated heterocycles. The van der Waals surface area contributed by atoms with E-state index < -0.39 is 11.6 Å². The summed E-state index contributed by atoms with van der Waals surface area (Å²) in [6, 6.07) is 3.44. The van der Waals surface area contributed by atoms with Crippen LogP contribution in [0.2, 0.25) is 0 Å². The molecule has 1 saturated carbocycles. The summed E-state index contributed by atoms with van der Waals surface area (Å²) in [5.74, 6) is -0.800. The van der Waals surface area contributed by atoms with Crippen LogP contribution in [0.15, 0.2) is 18.2 Å². The molecule has 2 N–H and O–H groups in total. The Labute approximate surface area is 116 Å². The van der Waals surface area contributed by atoms with Gasteiger partial charge in [0, 0.05) is 19.0 Å². The average molecular weight is 280 g/mol. The van der Waals surface area contributed by atoms with Crippen LogP contribution in [0.25, 0.3) is 0 Å². The standard InChI is InChI=1S/C15H18F2N2O/c16-10-1-2-14(17)12(5-10)11-6-13(11)15(20)19-4-3-9(7-18)8-19/h1-2,5,9,11,13H,3-4,6-8,18H2/t9-,11+,13-/m0/s1. The van der Waals surface area contributed by atoms with Gasteiger partial charge in [-0.25, -0.2) is 8.78 Å². The minimum absolute atomic E-state index is 0.0645. The Morgan fingerprint density at radius 3 is 2.90 bits per heavy atom. The lowest BCUT2D eigenvalue weighted by Gasteiger charge is -2.16. The highest BCUT2D eigenvalue weighted by atomic mass is 19.1. The van der Waals surface area contributed by atoms with Crippen LogP contribution in [-0.2, 0) is 4.79 Å². The summed E-state index contributed by atoms with van der Waals surface area (Å²) in [7, 11) is 0. The fraction of sp³-hybridized carbons (Fsp3) is 0.533. The van der Waals surface area contributed by atoms with Gasteiger partial charge in [0.25, 0.3) is 0 Å². The van der Waals surface area contributed by atoms with E-state index in [9.17, 15) is 13.6 Å². The molecule has 3 rings (SSSR count). The summed E-state index contributed by atoms with van der Waals surface area (Å²) in [5.41, 5.74) is 5.94. The number of carbonyl (C=O) groups is 1. The van der Waals surface area contributed by atoms with Gasteiger partial charge in [0.1, 0.15) is 11.6 Å². The number of nitrogens with zero attached hydrogens (tertiary/aromatic N) is 1. The molecule has 1 amide bonds. The van der Waals surface area contributed by atoms with Gasteiger partial charge in [0.15, 0.2) is 0 Å². The highest BCUT2D eigenvalue weighted by molar-refractivity contribution is 5.83. The van der Waals surface area contributed by atoms with Gasteiger partial charge in [-0.2, -0.15) is 0 Å². The van der Waals surface area contributed by atoms with E-state index in [1.54, 1.807) is 0 Å². The molecule has 3 atom stereocenters. The second-order valence-electron chi connectivity index (χ2n) is 5.79. The zero-order valence-electron chi connectivity index (χ0n) is 11.2. The van der Waals surface area contributed by atoms with Crippen LogP contribution >= 0.6 is 0 Å². The van der Waals surface area contributed by atoms with Gasteiger partial charge in [-0.3, -0.25) is 4.79 Å². The van der Waals surface area contributed by atoms with Crippen molar-refractivity contribution in [3.05, 3.63) is 35.4 Å². The first-order valence-corrected chi connectivity index (χ1v) is 7.04. The quantitative estimate of drug-likeness (QED) is 0.919. The number of likely N-dealkylation sites (tertiary alicyclic amines) is 1. The first-order chi connectivity index (χ1) is 9.60. The molecule has 5 heteroatoms. The Kier molecular flexibility index (Phi) is 3.46. The molecule has 0 bridgehead atoms. The fourth-order valence-electron chi connectivity index (χ4n) is 3.07. The average Bonchev–Trinajstić information content (AvgIpc) is 3.09. The third-order valence-corrected chi connectivity index (χ3v) is 4.40. The molecule has 20 heavy (non-hydrogen) atoms. The number of hydrogen-bond donors (Lipinski definition) is 1. The Bertz CT molecular complexity index is 535. The number of carbonyl (C=O) groups excluding carboxylic acids is 1. The molecule has 2 fully saturated rings. The Balaban J connectivity index is 1.67. The molecular weight excluding hydrogens is 262 g/mol. The van der Waals surface area contributed by atoms with Gasteiger partial charge in [-0.05, 0) is 55.0 Å². The fourth-order valence-corrected chi connectivity index (χ4v) is 3.07. The minimum atomic E-state index is -0.455. The van der Waals surface area contributed by atoms with Crippen molar-refractivity contribution < 1.29 is 13.6 Å². The number of benzene rings is 1. The summed E-state index contributed by atoms with van der Waals surface area (Å²) in [6.45, 7) is 2.02. The summed E-state index contributed by atoms with van der Waals surface area (Å²) >= 11 is 0. The van der Waals surface area contributed by atoms with Crippen molar-refractivity contribution >= 4 is 5.91 Å². The van der Waals surface area contributed by atoms with Crippen LogP contribution in [0.4, 0.5) is 8.78 Å². The smallest absolute Gasteiger partial charge is 0.226 e. The lowest BCUT2D eigenvalue weighted by molar-refractivity contribution is -0.131. The van der Waals surface area contributed by atoms with Crippen molar-refractivity contribution in [2.45, 2.75) is 18.8 Å². The van der Waals surface area contributed by atoms with Crippen molar-refractivity contribution in [3.63, 3.8) is 0 Å². The lowest BCUT2D eigenvalue weighted by Crippen LogP contribution is -2.31. The van der Waals surface area contributed by atoms with Crippen molar-refractivity contribution in [3.8, 4) is 0 Å². The zero-order chi connectivity index (χ0) is 14.3. The van der Waals surface area contributed by atoms with Crippen LogP contribution in [0, 0.1) is 23.5 Å². The highest BCUT2D eigenvalue weighted by Crippen LogP contribution is 2.49. The van der Waals surface area contributed by atoms with Crippen molar-refractivity contribution in [2.24, 2.45) is 17.6 Å². The number of halogens is 2. The third-order valence-electron chi connectivity index (χ3n) is 4.40. The van der Waals surface area contributed by atoms with Crippen molar-refractivity contribution in [2.75, 3.05) is 19.6 Å². The van der Waals surface area contributed by atoms with E-state index in [-0.39, 0.29) is 17.7 Å². The lowest BCUT2D eigenvalue weighted by atomic mass is 10.1. The maximum absolute atomic E-state index is 13.7. The molecule has 0 radical (unpaired) electrons. The van der Waals surface area contributed by atoms with Crippen LogP contribution in [0.3, 0.4) is 0 Å². The molecule has 108 valence electrons. The van der Waals surface area contributed by atoms with Gasteiger partial charge in [-0.1, -0.05) is 0 Å². The highest BCUT2D eigenvalue weighted by Gasteiger charge is 2.47. The predicted molar refractivity (Wildman–Crippen MR) is 70.9 cm³/mol. The van der Waals surface area contributed by atoms with E-state index in [0.29, 0.717) is 31.0 Å². The Morgan fingerprint density at radius 1 is 1.40 bits per heavy atom. The SMILES string of the molecule is NC[C@@H]1CCN(C(=O)[C@H]2C[C@@H]2c2cc(F)ccc2F)C1. The van der Waals surface area contributed by atoms with Crippen molar-refractivity contribution in [1.82, 2.24) is 4.90 Å². The summed E-state index contributed by atoms with van der Waals surface area (Å²) < 4.78 is 26.9. The molecule has 0 unspecified atom stereocenters. The molecule has 0 spiro atoms. The molecule has 3 nitrogen and oxygen atoms in total. The van der Waals surface area contributed by atoms with E-state index in [1.165, 1.54) is 6.07 Å². The number of rotatable bonds is 3. The van der Waals surface area contributed by atoms with Gasteiger partial charge in [0.2, 0.25) is 5.91 Å². The first kappa shape index (κ1) is 13.5. The van der Waals surface area contributed by atoms with E-state index in [2.05, 4.69) is 0 Å². The Morgan fingerprint density at radius 2 is 2.20 bits per heavy atom. The second kappa shape index (κ2) is 5.13. The topological polar surface area (TPSA) is 46.3 Å². The first-order valence-electron chi connectivity index (χ1n) is 7.04. The van der Waals surface area contributed by atoms with Crippen molar-refractivity contribution in [1.29, 1.82) is 0 Å². The van der Waals surface area contributed by atoms with Gasteiger partial charge in [-0.15, -0.1) is 0 Å². The molecule has 0 aromatic heterocycles. The zero-order valence-corrected chi connectivity index (χ0v) is 11.2. The molecule has 1 aliphatic heterocycles. The van der Waals surface area contributed by atoms with E-state index in [1.807, 2.05) is 4.90 Å². The summed E-state index contributed by atoms with van der Waals surface area (Å²) in [4.78, 5) is 14.1. The van der Waals surface area contributed by atoms with Gasteiger partial charge < -0.3 is 10.6 Å². The van der Waals surface area contributed by atoms with E-state index in [0.717, 1.165) is 25.1 Å². The van der Waals surface area contributed by atoms with Gasteiger partial charge >= 0.3 is 0 Å². The number of hydrogen-bond acceptors (Lipinski definition) is 2. The molecule has 1 aliphatic carbocycles. The van der Waals surface area contributed by atoms with Crippen LogP contribution in [0.5, 0.6) is 0 Å². The Hall–Kier alpha value is -1.49. The largest absolute Gasteiger partial charge is 0.342 e. The molecule has 1 heterocycles. The normalized spacial score (nSPS) is 28.8. The second-order valence-corrected chi connectivity index (χ2v) is 5.79. The van der Waals surface area contributed by atoms with E-state index in [4.69, 9.17) is 5.73 Å². The van der Waals surface area contributed by atoms with Crippen LogP contribution in [0.1, 0.15) is 24.3 Å². The van der Waals surface area contributed by atoms with Gasteiger partial charge in [0.05, 0.1) is 0 Å². The monoisotopic (exact) mass is 280 g/mol. The molecule has 1 aromatic carbocycles. The maximum Gasteiger partial charge on any atom is 0.226 e. The van der Waals surface area contributed by atoms with Crippen LogP contribution < -0.4 is 5.73 Å². The molecule has 2 aliphatic rings. The third kappa shape index (κ3) is 2.42. The van der Waals surface area contributed by atoms with E-state index >= 15 is 0 Å². The molecular formula is C15H18F2N2O. The number of amides is 1. The predicted octanol–water partition coefficient (Wildman–Crippen LogP) is 1.88. The summed E-state index contributed by atoms with van der Waals surface area (Å²) in [5, 5.41) is 0.